The van der Waals surface area contributed by atoms with Crippen LogP contribution in [-0.2, 0) is 25.8 Å². The van der Waals surface area contributed by atoms with Gasteiger partial charge in [-0.1, -0.05) is 5.16 Å². The van der Waals surface area contributed by atoms with Gasteiger partial charge in [0.25, 0.3) is 0 Å². The summed E-state index contributed by atoms with van der Waals surface area (Å²) in [6, 6.07) is 3.52. The van der Waals surface area contributed by atoms with Crippen molar-refractivity contribution in [2.45, 2.75) is 51.1 Å². The first-order chi connectivity index (χ1) is 15.4. The van der Waals surface area contributed by atoms with Crippen LogP contribution in [0.25, 0.3) is 0 Å². The summed E-state index contributed by atoms with van der Waals surface area (Å²) in [4.78, 5) is 32.1. The molecule has 0 bridgehead atoms. The average Bonchev–Trinajstić information content (AvgIpc) is 3.37. The Bertz CT molecular complexity index is 841. The molecule has 1 aromatic rings. The number of likely N-dealkylation sites (tertiary alicyclic amines) is 1. The number of rotatable bonds is 8. The van der Waals surface area contributed by atoms with Gasteiger partial charge in [-0.2, -0.15) is 0 Å². The van der Waals surface area contributed by atoms with Crippen LogP contribution in [0.15, 0.2) is 28.0 Å². The van der Waals surface area contributed by atoms with Gasteiger partial charge in [0, 0.05) is 24.8 Å². The van der Waals surface area contributed by atoms with Crippen molar-refractivity contribution in [3.8, 4) is 0 Å². The number of carbonyl (C=O) groups excluding carboxylic acids is 2. The SMILES string of the molecule is CCN1C(=O)[C@@H]2[C@H]3[C@H](O)[C@H](O)CC(=NOC[C@@H](O)COCc4ccco4)[C@@H]3CC[C@H]2C1=O. The van der Waals surface area contributed by atoms with E-state index in [1.165, 1.54) is 4.90 Å². The summed E-state index contributed by atoms with van der Waals surface area (Å²) in [5, 5.41) is 35.3. The standard InChI is InChI=1S/C22H30N2O8/c1-2-24-21(28)15-6-5-14-16(8-17(26)20(27)18(14)19(15)22(24)29)23-32-10-12(25)9-30-11-13-4-3-7-31-13/h3-4,7,12,14-15,17-20,25-27H,2,5-6,8-11H2,1H3/t12-,14-,15+,17+,18-,19-,20+/m0/s1. The number of hydrogen-bond acceptors (Lipinski definition) is 9. The van der Waals surface area contributed by atoms with Gasteiger partial charge in [-0.25, -0.2) is 0 Å². The van der Waals surface area contributed by atoms with Crippen molar-refractivity contribution in [1.82, 2.24) is 4.90 Å². The van der Waals surface area contributed by atoms with E-state index in [9.17, 15) is 24.9 Å². The molecule has 0 aromatic carbocycles. The highest BCUT2D eigenvalue weighted by Crippen LogP contribution is 2.49. The Morgan fingerprint density at radius 3 is 2.72 bits per heavy atom. The molecule has 7 atom stereocenters. The number of carbonyl (C=O) groups is 2. The molecule has 32 heavy (non-hydrogen) atoms. The van der Waals surface area contributed by atoms with Crippen LogP contribution in [0.3, 0.4) is 0 Å². The number of hydrogen-bond donors (Lipinski definition) is 3. The summed E-state index contributed by atoms with van der Waals surface area (Å²) >= 11 is 0. The number of fused-ring (bicyclic) bond motifs is 3. The minimum Gasteiger partial charge on any atom is -0.467 e. The number of aliphatic hydroxyl groups is 3. The predicted molar refractivity (Wildman–Crippen MR) is 110 cm³/mol. The summed E-state index contributed by atoms with van der Waals surface area (Å²) in [5.74, 6) is -1.80. The monoisotopic (exact) mass is 450 g/mol. The number of ether oxygens (including phenoxy) is 1. The molecular formula is C22H30N2O8. The quantitative estimate of drug-likeness (QED) is 0.379. The van der Waals surface area contributed by atoms with Gasteiger partial charge in [-0.05, 0) is 31.9 Å². The van der Waals surface area contributed by atoms with Crippen molar-refractivity contribution < 1.29 is 38.9 Å². The molecule has 0 spiro atoms. The summed E-state index contributed by atoms with van der Waals surface area (Å²) in [5.41, 5.74) is 0.546. The minimum absolute atomic E-state index is 0.0339. The van der Waals surface area contributed by atoms with Gasteiger partial charge in [0.05, 0.1) is 42.6 Å². The van der Waals surface area contributed by atoms with Crippen molar-refractivity contribution in [3.05, 3.63) is 24.2 Å². The Balaban J connectivity index is 1.38. The van der Waals surface area contributed by atoms with Crippen LogP contribution in [0, 0.1) is 23.7 Å². The van der Waals surface area contributed by atoms with Crippen LogP contribution < -0.4 is 0 Å². The van der Waals surface area contributed by atoms with E-state index in [-0.39, 0.29) is 44.0 Å². The van der Waals surface area contributed by atoms with Gasteiger partial charge in [-0.15, -0.1) is 0 Å². The van der Waals surface area contributed by atoms with Crippen molar-refractivity contribution in [2.24, 2.45) is 28.8 Å². The Morgan fingerprint density at radius 1 is 1.22 bits per heavy atom. The lowest BCUT2D eigenvalue weighted by Gasteiger charge is -2.45. The number of aliphatic hydroxyl groups excluding tert-OH is 3. The largest absolute Gasteiger partial charge is 0.467 e. The minimum atomic E-state index is -1.11. The Labute approximate surface area is 185 Å². The topological polar surface area (TPSA) is 142 Å². The van der Waals surface area contributed by atoms with Gasteiger partial charge in [-0.3, -0.25) is 14.5 Å². The van der Waals surface area contributed by atoms with Crippen molar-refractivity contribution >= 4 is 17.5 Å². The van der Waals surface area contributed by atoms with E-state index in [4.69, 9.17) is 14.0 Å². The van der Waals surface area contributed by atoms with Crippen LogP contribution in [0.4, 0.5) is 0 Å². The van der Waals surface area contributed by atoms with Crippen LogP contribution >= 0.6 is 0 Å². The summed E-state index contributed by atoms with van der Waals surface area (Å²) in [6.07, 6.45) is -0.365. The second-order valence-corrected chi connectivity index (χ2v) is 8.70. The number of oxime groups is 1. The molecule has 10 nitrogen and oxygen atoms in total. The molecule has 2 amide bonds. The lowest BCUT2D eigenvalue weighted by atomic mass is 9.60. The maximum Gasteiger partial charge on any atom is 0.233 e. The lowest BCUT2D eigenvalue weighted by molar-refractivity contribution is -0.141. The van der Waals surface area contributed by atoms with Crippen LogP contribution in [0.5, 0.6) is 0 Å². The van der Waals surface area contributed by atoms with E-state index < -0.39 is 36.1 Å². The third-order valence-electron chi connectivity index (χ3n) is 6.77. The Morgan fingerprint density at radius 2 is 2.00 bits per heavy atom. The molecule has 1 saturated heterocycles. The van der Waals surface area contributed by atoms with Crippen molar-refractivity contribution in [3.63, 3.8) is 0 Å². The number of nitrogens with zero attached hydrogens (tertiary/aromatic N) is 2. The maximum atomic E-state index is 12.9. The Kier molecular flexibility index (Phi) is 6.94. The van der Waals surface area contributed by atoms with Gasteiger partial charge in [0.15, 0.2) is 0 Å². The zero-order valence-corrected chi connectivity index (χ0v) is 18.0. The molecule has 176 valence electrons. The lowest BCUT2D eigenvalue weighted by Crippen LogP contribution is -2.54. The molecule has 3 aliphatic rings. The molecule has 4 rings (SSSR count). The molecule has 1 aliphatic heterocycles. The summed E-state index contributed by atoms with van der Waals surface area (Å²) in [6.45, 7) is 2.21. The van der Waals surface area contributed by atoms with Crippen LogP contribution in [-0.4, -0.2) is 75.8 Å². The Hall–Kier alpha value is -2.27. The van der Waals surface area contributed by atoms with Gasteiger partial charge in [0.1, 0.15) is 25.1 Å². The normalized spacial score (nSPS) is 34.5. The molecule has 10 heteroatoms. The molecule has 2 aliphatic carbocycles. The van der Waals surface area contributed by atoms with Crippen LogP contribution in [0.1, 0.15) is 31.9 Å². The molecule has 2 heterocycles. The number of amides is 2. The van der Waals surface area contributed by atoms with Crippen molar-refractivity contribution in [2.75, 3.05) is 19.8 Å². The molecule has 0 unspecified atom stereocenters. The molecule has 0 radical (unpaired) electrons. The fourth-order valence-corrected chi connectivity index (χ4v) is 5.30. The van der Waals surface area contributed by atoms with Gasteiger partial charge >= 0.3 is 0 Å². The molecule has 3 fully saturated rings. The molecule has 2 saturated carbocycles. The second kappa shape index (κ2) is 9.70. The maximum absolute atomic E-state index is 12.9. The van der Waals surface area contributed by atoms with E-state index >= 15 is 0 Å². The summed E-state index contributed by atoms with van der Waals surface area (Å²) in [7, 11) is 0. The zero-order chi connectivity index (χ0) is 22.8. The first-order valence-electron chi connectivity index (χ1n) is 11.1. The van der Waals surface area contributed by atoms with E-state index in [1.54, 1.807) is 25.3 Å². The first kappa shape index (κ1) is 22.9. The molecular weight excluding hydrogens is 420 g/mol. The third-order valence-corrected chi connectivity index (χ3v) is 6.77. The highest BCUT2D eigenvalue weighted by atomic mass is 16.6. The van der Waals surface area contributed by atoms with E-state index in [0.717, 1.165) is 0 Å². The van der Waals surface area contributed by atoms with Crippen LogP contribution in [0.2, 0.25) is 0 Å². The number of furan rings is 1. The number of imide groups is 1. The first-order valence-corrected chi connectivity index (χ1v) is 11.1. The third kappa shape index (κ3) is 4.32. The fraction of sp³-hybridized carbons (Fsp3) is 0.682. The van der Waals surface area contributed by atoms with E-state index in [1.807, 2.05) is 0 Å². The molecule has 3 N–H and O–H groups in total. The highest BCUT2D eigenvalue weighted by molar-refractivity contribution is 6.06. The molecule has 1 aromatic heterocycles. The van der Waals surface area contributed by atoms with E-state index in [2.05, 4.69) is 5.16 Å². The summed E-state index contributed by atoms with van der Waals surface area (Å²) < 4.78 is 10.5. The van der Waals surface area contributed by atoms with Gasteiger partial charge in [0.2, 0.25) is 11.8 Å². The zero-order valence-electron chi connectivity index (χ0n) is 18.0. The average molecular weight is 450 g/mol. The smallest absolute Gasteiger partial charge is 0.233 e. The fourth-order valence-electron chi connectivity index (χ4n) is 5.30. The highest BCUT2D eigenvalue weighted by Gasteiger charge is 2.59. The second-order valence-electron chi connectivity index (χ2n) is 8.70. The van der Waals surface area contributed by atoms with Crippen molar-refractivity contribution in [1.29, 1.82) is 0 Å². The predicted octanol–water partition coefficient (Wildman–Crippen LogP) is 0.303. The van der Waals surface area contributed by atoms with Gasteiger partial charge < -0.3 is 29.3 Å². The van der Waals surface area contributed by atoms with E-state index in [0.29, 0.717) is 30.9 Å².